The molecule has 1 aromatic carbocycles. The topological polar surface area (TPSA) is 83.1 Å². The van der Waals surface area contributed by atoms with Crippen LogP contribution in [0.1, 0.15) is 31.1 Å². The molecule has 0 aromatic heterocycles. The summed E-state index contributed by atoms with van der Waals surface area (Å²) in [4.78, 5) is 23.5. The van der Waals surface area contributed by atoms with Crippen LogP contribution in [0.4, 0.5) is 13.6 Å². The molecule has 1 N–H and O–H groups in total. The first kappa shape index (κ1) is 23.9. The third-order valence-electron chi connectivity index (χ3n) is 2.76. The number of esters is 1. The minimum absolute atomic E-state index is 0.0392. The Morgan fingerprint density at radius 3 is 2.41 bits per heavy atom. The number of methoxy groups -OCH3 is 1. The van der Waals surface area contributed by atoms with Crippen molar-refractivity contribution >= 4 is 57.2 Å². The van der Waals surface area contributed by atoms with Gasteiger partial charge in [0.1, 0.15) is 12.2 Å². The number of hydrogen-bond donors (Lipinski definition) is 1. The van der Waals surface area contributed by atoms with Crippen molar-refractivity contribution in [3.05, 3.63) is 18.8 Å². The molecule has 0 saturated heterocycles. The second kappa shape index (κ2) is 10.4. The van der Waals surface area contributed by atoms with E-state index < -0.39 is 24.3 Å². The lowest BCUT2D eigenvalue weighted by atomic mass is 10.2. The number of halogens is 4. The number of alkyl halides is 2. The molecule has 0 aliphatic carbocycles. The predicted octanol–water partition coefficient (Wildman–Crippen LogP) is 4.19. The molecule has 0 spiro atoms. The third-order valence-corrected chi connectivity index (χ3v) is 4.64. The Morgan fingerprint density at radius 1 is 1.26 bits per heavy atom. The highest BCUT2D eigenvalue weighted by atomic mass is 127. The maximum absolute atomic E-state index is 12.7. The maximum atomic E-state index is 12.7. The van der Waals surface area contributed by atoms with Gasteiger partial charge in [0.15, 0.2) is 11.5 Å². The fourth-order valence-corrected chi connectivity index (χ4v) is 4.03. The second-order valence-electron chi connectivity index (χ2n) is 6.02. The average Bonchev–Trinajstić information content (AvgIpc) is 2.51. The molecule has 0 unspecified atom stereocenters. The molecular weight excluding hydrogens is 594 g/mol. The summed E-state index contributed by atoms with van der Waals surface area (Å²) in [6, 6.07) is 1.26. The number of carbonyl (C=O) groups is 2. The zero-order valence-electron chi connectivity index (χ0n) is 15.0. The van der Waals surface area contributed by atoms with Crippen LogP contribution in [0.15, 0.2) is 6.07 Å². The molecular formula is C16H19F2I2NO6. The van der Waals surface area contributed by atoms with Gasteiger partial charge in [-0.1, -0.05) is 0 Å². The molecule has 0 aliphatic heterocycles. The average molecular weight is 613 g/mol. The Morgan fingerprint density at radius 2 is 1.89 bits per heavy atom. The van der Waals surface area contributed by atoms with E-state index in [-0.39, 0.29) is 33.8 Å². The number of amides is 1. The monoisotopic (exact) mass is 613 g/mol. The Kier molecular flexibility index (Phi) is 9.24. The summed E-state index contributed by atoms with van der Waals surface area (Å²) in [6.07, 6.45) is -0.636. The number of rotatable bonds is 7. The summed E-state index contributed by atoms with van der Waals surface area (Å²) in [5, 5.41) is 2.48. The standard InChI is InChI=1S/C16H19F2I2NO6/c1-16(2,3)27-15(23)21-5-6-25-12-9(26-14(17)18)7-8(19)10(11(12)20)13(22)24-4/h7,14H,5-6H2,1-4H3,(H,21,23). The first-order chi connectivity index (χ1) is 12.5. The molecule has 0 atom stereocenters. The van der Waals surface area contributed by atoms with E-state index in [2.05, 4.69) is 10.1 Å². The van der Waals surface area contributed by atoms with E-state index in [1.807, 2.05) is 22.6 Å². The van der Waals surface area contributed by atoms with Crippen molar-refractivity contribution in [3.8, 4) is 11.5 Å². The van der Waals surface area contributed by atoms with Crippen LogP contribution in [0.25, 0.3) is 0 Å². The van der Waals surface area contributed by atoms with Gasteiger partial charge in [-0.2, -0.15) is 8.78 Å². The molecule has 152 valence electrons. The zero-order valence-corrected chi connectivity index (χ0v) is 19.3. The van der Waals surface area contributed by atoms with Gasteiger partial charge < -0.3 is 24.3 Å². The molecule has 1 aromatic rings. The number of ether oxygens (including phenoxy) is 4. The van der Waals surface area contributed by atoms with E-state index in [1.165, 1.54) is 13.2 Å². The van der Waals surface area contributed by atoms with E-state index >= 15 is 0 Å². The van der Waals surface area contributed by atoms with E-state index in [0.717, 1.165) is 0 Å². The van der Waals surface area contributed by atoms with Gasteiger partial charge in [-0.05, 0) is 72.0 Å². The van der Waals surface area contributed by atoms with Crippen LogP contribution in [0.3, 0.4) is 0 Å². The molecule has 27 heavy (non-hydrogen) atoms. The normalized spacial score (nSPS) is 11.1. The summed E-state index contributed by atoms with van der Waals surface area (Å²) in [7, 11) is 1.21. The van der Waals surface area contributed by atoms with Gasteiger partial charge in [-0.25, -0.2) is 9.59 Å². The van der Waals surface area contributed by atoms with Gasteiger partial charge in [0.2, 0.25) is 0 Å². The molecule has 0 heterocycles. The predicted molar refractivity (Wildman–Crippen MR) is 110 cm³/mol. The van der Waals surface area contributed by atoms with Crippen LogP contribution >= 0.6 is 45.2 Å². The van der Waals surface area contributed by atoms with E-state index in [9.17, 15) is 18.4 Å². The van der Waals surface area contributed by atoms with Crippen LogP contribution < -0.4 is 14.8 Å². The quantitative estimate of drug-likeness (QED) is 0.283. The van der Waals surface area contributed by atoms with Gasteiger partial charge in [-0.3, -0.25) is 0 Å². The summed E-state index contributed by atoms with van der Waals surface area (Å²) < 4.78 is 45.8. The molecule has 0 aliphatic rings. The lowest BCUT2D eigenvalue weighted by molar-refractivity contribution is -0.0515. The van der Waals surface area contributed by atoms with Crippen molar-refractivity contribution in [2.75, 3.05) is 20.3 Å². The fourth-order valence-electron chi connectivity index (χ4n) is 1.81. The van der Waals surface area contributed by atoms with E-state index in [0.29, 0.717) is 3.57 Å². The fraction of sp³-hybridized carbons (Fsp3) is 0.500. The second-order valence-corrected chi connectivity index (χ2v) is 8.26. The number of carbonyl (C=O) groups excluding carboxylic acids is 2. The van der Waals surface area contributed by atoms with E-state index in [1.54, 1.807) is 43.4 Å². The van der Waals surface area contributed by atoms with Crippen molar-refractivity contribution < 1.29 is 37.3 Å². The largest absolute Gasteiger partial charge is 0.487 e. The van der Waals surface area contributed by atoms with Crippen LogP contribution in [0.2, 0.25) is 0 Å². The summed E-state index contributed by atoms with van der Waals surface area (Å²) in [5.74, 6) is -0.893. The SMILES string of the molecule is COC(=O)c1c(I)cc(OC(F)F)c(OCCNC(=O)OC(C)(C)C)c1I. The molecule has 0 saturated carbocycles. The van der Waals surface area contributed by atoms with Gasteiger partial charge in [-0.15, -0.1) is 0 Å². The highest BCUT2D eigenvalue weighted by molar-refractivity contribution is 14.1. The number of nitrogens with one attached hydrogen (secondary N) is 1. The number of alkyl carbamates (subject to hydrolysis) is 1. The molecule has 7 nitrogen and oxygen atoms in total. The van der Waals surface area contributed by atoms with Gasteiger partial charge in [0.05, 0.1) is 22.8 Å². The van der Waals surface area contributed by atoms with Crippen molar-refractivity contribution in [1.29, 1.82) is 0 Å². The molecule has 0 fully saturated rings. The van der Waals surface area contributed by atoms with Crippen LogP contribution in [-0.2, 0) is 9.47 Å². The Labute approximate surface area is 182 Å². The highest BCUT2D eigenvalue weighted by Crippen LogP contribution is 2.39. The number of benzene rings is 1. The van der Waals surface area contributed by atoms with Crippen LogP contribution in [0, 0.1) is 7.14 Å². The van der Waals surface area contributed by atoms with E-state index in [4.69, 9.17) is 14.2 Å². The summed E-state index contributed by atoms with van der Waals surface area (Å²) >= 11 is 3.61. The van der Waals surface area contributed by atoms with Crippen molar-refractivity contribution in [2.24, 2.45) is 0 Å². The minimum Gasteiger partial charge on any atom is -0.487 e. The molecule has 11 heteroatoms. The third kappa shape index (κ3) is 7.79. The smallest absolute Gasteiger partial charge is 0.407 e. The molecule has 1 rings (SSSR count). The summed E-state index contributed by atoms with van der Waals surface area (Å²) in [5.41, 5.74) is -0.472. The lowest BCUT2D eigenvalue weighted by Gasteiger charge is -2.20. The van der Waals surface area contributed by atoms with Gasteiger partial charge in [0, 0.05) is 3.57 Å². The molecule has 0 bridgehead atoms. The first-order valence-corrected chi connectivity index (χ1v) is 9.76. The van der Waals surface area contributed by atoms with Crippen molar-refractivity contribution in [1.82, 2.24) is 5.32 Å². The Hall–Kier alpha value is -1.12. The minimum atomic E-state index is -3.07. The van der Waals surface area contributed by atoms with Crippen LogP contribution in [0.5, 0.6) is 11.5 Å². The Balaban J connectivity index is 2.93. The van der Waals surface area contributed by atoms with Crippen molar-refractivity contribution in [2.45, 2.75) is 33.0 Å². The van der Waals surface area contributed by atoms with Crippen LogP contribution in [-0.4, -0.2) is 44.5 Å². The Bertz CT molecular complexity index is 694. The molecule has 1 amide bonds. The first-order valence-electron chi connectivity index (χ1n) is 7.61. The summed E-state index contributed by atoms with van der Waals surface area (Å²) in [6.45, 7) is 2.09. The van der Waals surface area contributed by atoms with Crippen molar-refractivity contribution in [3.63, 3.8) is 0 Å². The van der Waals surface area contributed by atoms with Gasteiger partial charge in [0.25, 0.3) is 0 Å². The number of hydrogen-bond acceptors (Lipinski definition) is 6. The molecule has 0 radical (unpaired) electrons. The van der Waals surface area contributed by atoms with Gasteiger partial charge >= 0.3 is 18.7 Å². The highest BCUT2D eigenvalue weighted by Gasteiger charge is 2.24. The maximum Gasteiger partial charge on any atom is 0.407 e. The zero-order chi connectivity index (χ0) is 20.8. The lowest BCUT2D eigenvalue weighted by Crippen LogP contribution is -2.34.